The van der Waals surface area contributed by atoms with Gasteiger partial charge in [0.2, 0.25) is 0 Å². The molecule has 0 aromatic heterocycles. The zero-order valence-corrected chi connectivity index (χ0v) is 12.5. The number of halogens is 3. The number of ether oxygens (including phenoxy) is 1. The highest BCUT2D eigenvalue weighted by molar-refractivity contribution is 8.00. The van der Waals surface area contributed by atoms with Gasteiger partial charge in [-0.2, -0.15) is 13.2 Å². The fourth-order valence-corrected chi connectivity index (χ4v) is 2.09. The predicted molar refractivity (Wildman–Crippen MR) is 77.2 cm³/mol. The molecule has 0 atom stereocenters. The van der Waals surface area contributed by atoms with Crippen molar-refractivity contribution >= 4 is 11.8 Å². The summed E-state index contributed by atoms with van der Waals surface area (Å²) in [5.41, 5.74) is -2.10. The first-order chi connectivity index (χ1) is 9.42. The quantitative estimate of drug-likeness (QED) is 0.730. The van der Waals surface area contributed by atoms with Crippen LogP contribution >= 0.6 is 11.8 Å². The van der Waals surface area contributed by atoms with Gasteiger partial charge in [-0.25, -0.2) is 0 Å². The van der Waals surface area contributed by atoms with Crippen LogP contribution in [0.15, 0.2) is 18.2 Å². The Labute approximate surface area is 122 Å². The van der Waals surface area contributed by atoms with Gasteiger partial charge in [-0.15, -0.1) is 0 Å². The van der Waals surface area contributed by atoms with Crippen LogP contribution in [0.3, 0.4) is 0 Å². The molecular weight excluding hydrogens is 287 g/mol. The number of hydrogen-bond acceptors (Lipinski definition) is 3. The molecule has 114 valence electrons. The summed E-state index contributed by atoms with van der Waals surface area (Å²) < 4.78 is 41.5. The SMILES string of the molecule is CCCNCc1cc(C)ccc1OCCSC(F)(F)F. The van der Waals surface area contributed by atoms with Crippen molar-refractivity contribution in [3.05, 3.63) is 29.3 Å². The lowest BCUT2D eigenvalue weighted by molar-refractivity contribution is -0.0329. The second-order valence-electron chi connectivity index (χ2n) is 4.43. The molecule has 0 saturated carbocycles. The van der Waals surface area contributed by atoms with E-state index in [0.717, 1.165) is 24.1 Å². The Morgan fingerprint density at radius 1 is 1.30 bits per heavy atom. The maximum absolute atomic E-state index is 12.0. The summed E-state index contributed by atoms with van der Waals surface area (Å²) in [5.74, 6) is 0.557. The van der Waals surface area contributed by atoms with E-state index in [9.17, 15) is 13.2 Å². The zero-order valence-electron chi connectivity index (χ0n) is 11.7. The van der Waals surface area contributed by atoms with Crippen LogP contribution in [-0.4, -0.2) is 24.4 Å². The Balaban J connectivity index is 2.51. The van der Waals surface area contributed by atoms with Crippen molar-refractivity contribution in [3.8, 4) is 5.75 Å². The molecule has 20 heavy (non-hydrogen) atoms. The molecule has 0 unspecified atom stereocenters. The summed E-state index contributed by atoms with van der Waals surface area (Å²) in [5, 5.41) is 3.27. The van der Waals surface area contributed by atoms with E-state index in [2.05, 4.69) is 12.2 Å². The van der Waals surface area contributed by atoms with Crippen LogP contribution in [0.25, 0.3) is 0 Å². The highest BCUT2D eigenvalue weighted by Gasteiger charge is 2.27. The van der Waals surface area contributed by atoms with Gasteiger partial charge in [-0.05, 0) is 37.7 Å². The van der Waals surface area contributed by atoms with Crippen molar-refractivity contribution in [3.63, 3.8) is 0 Å². The molecule has 0 saturated heterocycles. The van der Waals surface area contributed by atoms with Crippen LogP contribution in [0.1, 0.15) is 24.5 Å². The van der Waals surface area contributed by atoms with Gasteiger partial charge in [0.25, 0.3) is 0 Å². The van der Waals surface area contributed by atoms with Crippen LogP contribution in [0, 0.1) is 6.92 Å². The minimum Gasteiger partial charge on any atom is -0.492 e. The van der Waals surface area contributed by atoms with Gasteiger partial charge in [0, 0.05) is 17.9 Å². The Bertz CT molecular complexity index is 410. The number of nitrogens with one attached hydrogen (secondary N) is 1. The van der Waals surface area contributed by atoms with Crippen molar-refractivity contribution in [2.75, 3.05) is 18.9 Å². The van der Waals surface area contributed by atoms with Crippen LogP contribution in [-0.2, 0) is 6.54 Å². The fourth-order valence-electron chi connectivity index (χ4n) is 1.70. The van der Waals surface area contributed by atoms with Crippen molar-refractivity contribution < 1.29 is 17.9 Å². The molecule has 1 aromatic rings. The summed E-state index contributed by atoms with van der Waals surface area (Å²) in [4.78, 5) is 0. The lowest BCUT2D eigenvalue weighted by Gasteiger charge is -2.13. The first-order valence-electron chi connectivity index (χ1n) is 6.56. The molecule has 1 aromatic carbocycles. The smallest absolute Gasteiger partial charge is 0.441 e. The lowest BCUT2D eigenvalue weighted by Crippen LogP contribution is -2.15. The van der Waals surface area contributed by atoms with E-state index in [-0.39, 0.29) is 24.1 Å². The van der Waals surface area contributed by atoms with Gasteiger partial charge >= 0.3 is 5.51 Å². The molecule has 0 bridgehead atoms. The normalized spacial score (nSPS) is 11.7. The average molecular weight is 307 g/mol. The molecular formula is C14H20F3NOS. The van der Waals surface area contributed by atoms with Gasteiger partial charge in [-0.3, -0.25) is 0 Å². The number of aryl methyl sites for hydroxylation is 1. The molecule has 1 N–H and O–H groups in total. The van der Waals surface area contributed by atoms with Crippen LogP contribution in [0.5, 0.6) is 5.75 Å². The second-order valence-corrected chi connectivity index (χ2v) is 5.59. The van der Waals surface area contributed by atoms with Gasteiger partial charge in [-0.1, -0.05) is 24.6 Å². The van der Waals surface area contributed by atoms with Crippen LogP contribution < -0.4 is 10.1 Å². The van der Waals surface area contributed by atoms with Crippen molar-refractivity contribution in [2.24, 2.45) is 0 Å². The Morgan fingerprint density at radius 3 is 2.70 bits per heavy atom. The molecule has 0 aliphatic rings. The highest BCUT2D eigenvalue weighted by atomic mass is 32.2. The van der Waals surface area contributed by atoms with E-state index in [1.807, 2.05) is 25.1 Å². The van der Waals surface area contributed by atoms with Gasteiger partial charge in [0.1, 0.15) is 5.75 Å². The molecule has 0 amide bonds. The predicted octanol–water partition coefficient (Wildman–Crippen LogP) is 4.13. The number of benzene rings is 1. The van der Waals surface area contributed by atoms with Gasteiger partial charge in [0.15, 0.2) is 0 Å². The van der Waals surface area contributed by atoms with Gasteiger partial charge in [0.05, 0.1) is 6.61 Å². The molecule has 1 rings (SSSR count). The maximum Gasteiger partial charge on any atom is 0.441 e. The number of thioether (sulfide) groups is 1. The van der Waals surface area contributed by atoms with E-state index in [1.165, 1.54) is 0 Å². The maximum atomic E-state index is 12.0. The van der Waals surface area contributed by atoms with Crippen molar-refractivity contribution in [1.82, 2.24) is 5.32 Å². The first-order valence-corrected chi connectivity index (χ1v) is 7.54. The molecule has 0 heterocycles. The van der Waals surface area contributed by atoms with Crippen molar-refractivity contribution in [1.29, 1.82) is 0 Å². The molecule has 0 fully saturated rings. The summed E-state index contributed by atoms with van der Waals surface area (Å²) in [6.45, 7) is 5.67. The molecule has 0 radical (unpaired) electrons. The Kier molecular flexibility index (Phi) is 7.23. The zero-order chi connectivity index (χ0) is 15.0. The highest BCUT2D eigenvalue weighted by Crippen LogP contribution is 2.30. The molecule has 0 aliphatic carbocycles. The third-order valence-corrected chi connectivity index (χ3v) is 3.26. The van der Waals surface area contributed by atoms with E-state index in [0.29, 0.717) is 12.3 Å². The third kappa shape index (κ3) is 7.05. The number of alkyl halides is 3. The van der Waals surface area contributed by atoms with E-state index in [1.54, 1.807) is 0 Å². The van der Waals surface area contributed by atoms with E-state index in [4.69, 9.17) is 4.74 Å². The van der Waals surface area contributed by atoms with Crippen LogP contribution in [0.2, 0.25) is 0 Å². The van der Waals surface area contributed by atoms with Crippen LogP contribution in [0.4, 0.5) is 13.2 Å². The molecule has 0 aliphatic heterocycles. The minimum absolute atomic E-state index is 0.0496. The monoisotopic (exact) mass is 307 g/mol. The average Bonchev–Trinajstić information content (AvgIpc) is 2.36. The minimum atomic E-state index is -4.19. The van der Waals surface area contributed by atoms with E-state index < -0.39 is 5.51 Å². The van der Waals surface area contributed by atoms with Gasteiger partial charge < -0.3 is 10.1 Å². The molecule has 0 spiro atoms. The second kappa shape index (κ2) is 8.42. The number of hydrogen-bond donors (Lipinski definition) is 1. The summed E-state index contributed by atoms with van der Waals surface area (Å²) in [6.07, 6.45) is 1.03. The summed E-state index contributed by atoms with van der Waals surface area (Å²) >= 11 is -0.0573. The topological polar surface area (TPSA) is 21.3 Å². The summed E-state index contributed by atoms with van der Waals surface area (Å²) in [6, 6.07) is 5.71. The lowest BCUT2D eigenvalue weighted by atomic mass is 10.1. The fraction of sp³-hybridized carbons (Fsp3) is 0.571. The molecule has 6 heteroatoms. The standard InChI is InChI=1S/C14H20F3NOS/c1-3-6-18-10-12-9-11(2)4-5-13(12)19-7-8-20-14(15,16)17/h4-5,9,18H,3,6-8,10H2,1-2H3. The first kappa shape index (κ1) is 17.2. The third-order valence-electron chi connectivity index (χ3n) is 2.56. The van der Waals surface area contributed by atoms with E-state index >= 15 is 0 Å². The molecule has 2 nitrogen and oxygen atoms in total. The largest absolute Gasteiger partial charge is 0.492 e. The Hall–Kier alpha value is -0.880. The van der Waals surface area contributed by atoms with Crippen molar-refractivity contribution in [2.45, 2.75) is 32.3 Å². The Morgan fingerprint density at radius 2 is 2.05 bits per heavy atom. The number of rotatable bonds is 8. The summed E-state index contributed by atoms with van der Waals surface area (Å²) in [7, 11) is 0.